The van der Waals surface area contributed by atoms with Gasteiger partial charge in [0.2, 0.25) is 5.91 Å². The lowest BCUT2D eigenvalue weighted by Crippen LogP contribution is -2.45. The molecule has 2 rings (SSSR count). The van der Waals surface area contributed by atoms with E-state index in [4.69, 9.17) is 9.57 Å². The quantitative estimate of drug-likeness (QED) is 0.656. The summed E-state index contributed by atoms with van der Waals surface area (Å²) in [6.07, 6.45) is 0.0510. The van der Waals surface area contributed by atoms with Gasteiger partial charge in [-0.1, -0.05) is 17.3 Å². The summed E-state index contributed by atoms with van der Waals surface area (Å²) in [4.78, 5) is 29.9. The van der Waals surface area contributed by atoms with E-state index < -0.39 is 0 Å². The number of ether oxygens (including phenoxy) is 1. The monoisotopic (exact) mass is 333 g/mol. The van der Waals surface area contributed by atoms with Crippen LogP contribution >= 0.6 is 0 Å². The molecule has 0 aromatic heterocycles. The Morgan fingerprint density at radius 2 is 2.04 bits per heavy atom. The Hall–Kier alpha value is -2.41. The van der Waals surface area contributed by atoms with Crippen LogP contribution in [0.2, 0.25) is 0 Å². The number of benzene rings is 1. The molecule has 7 nitrogen and oxygen atoms in total. The first-order chi connectivity index (χ1) is 11.5. The Labute approximate surface area is 141 Å². The van der Waals surface area contributed by atoms with Crippen molar-refractivity contribution in [2.45, 2.75) is 26.9 Å². The van der Waals surface area contributed by atoms with Gasteiger partial charge in [-0.25, -0.2) is 0 Å². The van der Waals surface area contributed by atoms with Gasteiger partial charge in [0.25, 0.3) is 5.91 Å². The highest BCUT2D eigenvalue weighted by molar-refractivity contribution is 5.99. The maximum Gasteiger partial charge on any atom is 0.263 e. The van der Waals surface area contributed by atoms with E-state index in [2.05, 4.69) is 10.5 Å². The van der Waals surface area contributed by atoms with Gasteiger partial charge in [-0.05, 0) is 31.5 Å². The van der Waals surface area contributed by atoms with Crippen molar-refractivity contribution in [3.05, 3.63) is 29.8 Å². The molecular weight excluding hydrogens is 310 g/mol. The summed E-state index contributed by atoms with van der Waals surface area (Å²) in [5, 5.41) is 6.69. The highest BCUT2D eigenvalue weighted by Crippen LogP contribution is 2.11. The van der Waals surface area contributed by atoms with Crippen molar-refractivity contribution >= 4 is 23.2 Å². The van der Waals surface area contributed by atoms with Gasteiger partial charge in [0.15, 0.2) is 6.61 Å². The number of carbonyl (C=O) groups is 2. The van der Waals surface area contributed by atoms with Crippen LogP contribution in [-0.4, -0.2) is 54.8 Å². The van der Waals surface area contributed by atoms with Crippen molar-refractivity contribution in [3.63, 3.8) is 0 Å². The number of hydrogen-bond donors (Lipinski definition) is 1. The fourth-order valence-electron chi connectivity index (χ4n) is 2.37. The molecule has 1 heterocycles. The maximum atomic E-state index is 12.0. The molecule has 0 aliphatic carbocycles. The lowest BCUT2D eigenvalue weighted by atomic mass is 10.1. The molecule has 1 aliphatic rings. The van der Waals surface area contributed by atoms with E-state index in [0.29, 0.717) is 25.4 Å². The molecular formula is C17H23N3O4. The zero-order valence-electron chi connectivity index (χ0n) is 14.2. The van der Waals surface area contributed by atoms with Crippen molar-refractivity contribution in [2.75, 3.05) is 31.6 Å². The molecule has 7 heteroatoms. The highest BCUT2D eigenvalue weighted by Gasteiger charge is 2.21. The smallest absolute Gasteiger partial charge is 0.263 e. The van der Waals surface area contributed by atoms with Crippen LogP contribution in [0.5, 0.6) is 0 Å². The van der Waals surface area contributed by atoms with Crippen LogP contribution in [0.25, 0.3) is 0 Å². The lowest BCUT2D eigenvalue weighted by Gasteiger charge is -2.30. The molecule has 0 unspecified atom stereocenters. The zero-order chi connectivity index (χ0) is 17.5. The fraction of sp³-hybridized carbons (Fsp3) is 0.471. The standard InChI is InChI=1S/C17H23N3O4/c1-12-10-20(8-9-23-12)17(22)11-24-19-13(2)15-4-6-16(7-5-15)18-14(3)21/h4-7,12H,8-11H2,1-3H3,(H,18,21)/b19-13-/t12-/m0/s1. The summed E-state index contributed by atoms with van der Waals surface area (Å²) in [6, 6.07) is 7.24. The summed E-state index contributed by atoms with van der Waals surface area (Å²) in [5.41, 5.74) is 2.24. The van der Waals surface area contributed by atoms with Crippen LogP contribution in [0.15, 0.2) is 29.4 Å². The number of carbonyl (C=O) groups excluding carboxylic acids is 2. The first kappa shape index (κ1) is 17.9. The van der Waals surface area contributed by atoms with E-state index in [1.807, 2.05) is 19.1 Å². The number of nitrogens with one attached hydrogen (secondary N) is 1. The normalized spacial score (nSPS) is 18.2. The Kier molecular flexibility index (Phi) is 6.31. The van der Waals surface area contributed by atoms with E-state index >= 15 is 0 Å². The molecule has 0 bridgehead atoms. The Balaban J connectivity index is 1.84. The van der Waals surface area contributed by atoms with Crippen LogP contribution in [0.4, 0.5) is 5.69 Å². The van der Waals surface area contributed by atoms with Gasteiger partial charge in [-0.2, -0.15) is 0 Å². The second kappa shape index (κ2) is 8.44. The predicted octanol–water partition coefficient (Wildman–Crippen LogP) is 1.63. The van der Waals surface area contributed by atoms with Crippen molar-refractivity contribution in [2.24, 2.45) is 5.16 Å². The molecule has 1 aromatic rings. The first-order valence-electron chi connectivity index (χ1n) is 7.89. The summed E-state index contributed by atoms with van der Waals surface area (Å²) < 4.78 is 5.40. The van der Waals surface area contributed by atoms with E-state index in [9.17, 15) is 9.59 Å². The second-order valence-electron chi connectivity index (χ2n) is 5.73. The van der Waals surface area contributed by atoms with E-state index in [1.165, 1.54) is 6.92 Å². The maximum absolute atomic E-state index is 12.0. The molecule has 24 heavy (non-hydrogen) atoms. The van der Waals surface area contributed by atoms with Gasteiger partial charge >= 0.3 is 0 Å². The van der Waals surface area contributed by atoms with Gasteiger partial charge in [0.1, 0.15) is 0 Å². The minimum Gasteiger partial charge on any atom is -0.385 e. The second-order valence-corrected chi connectivity index (χ2v) is 5.73. The number of nitrogens with zero attached hydrogens (tertiary/aromatic N) is 2. The average Bonchev–Trinajstić information content (AvgIpc) is 2.54. The zero-order valence-corrected chi connectivity index (χ0v) is 14.2. The average molecular weight is 333 g/mol. The number of hydrogen-bond acceptors (Lipinski definition) is 5. The summed E-state index contributed by atoms with van der Waals surface area (Å²) in [5.74, 6) is -0.213. The Bertz CT molecular complexity index is 613. The highest BCUT2D eigenvalue weighted by atomic mass is 16.6. The van der Waals surface area contributed by atoms with Crippen LogP contribution < -0.4 is 5.32 Å². The van der Waals surface area contributed by atoms with Crippen LogP contribution in [-0.2, 0) is 19.2 Å². The van der Waals surface area contributed by atoms with Crippen molar-refractivity contribution in [1.29, 1.82) is 0 Å². The number of morpholine rings is 1. The van der Waals surface area contributed by atoms with E-state index in [1.54, 1.807) is 24.0 Å². The molecule has 1 aliphatic heterocycles. The molecule has 2 amide bonds. The Morgan fingerprint density at radius 1 is 1.33 bits per heavy atom. The molecule has 0 saturated carbocycles. The third-order valence-corrected chi connectivity index (χ3v) is 3.61. The summed E-state index contributed by atoms with van der Waals surface area (Å²) in [7, 11) is 0. The number of anilines is 1. The minimum atomic E-state index is -0.118. The van der Waals surface area contributed by atoms with E-state index in [-0.39, 0.29) is 24.5 Å². The third kappa shape index (κ3) is 5.34. The van der Waals surface area contributed by atoms with Gasteiger partial charge in [-0.15, -0.1) is 0 Å². The van der Waals surface area contributed by atoms with Crippen molar-refractivity contribution in [3.8, 4) is 0 Å². The van der Waals surface area contributed by atoms with Crippen LogP contribution in [0, 0.1) is 0 Å². The number of amides is 2. The largest absolute Gasteiger partial charge is 0.385 e. The van der Waals surface area contributed by atoms with Crippen LogP contribution in [0.3, 0.4) is 0 Å². The summed E-state index contributed by atoms with van der Waals surface area (Å²) in [6.45, 7) is 6.82. The SMILES string of the molecule is CC(=O)Nc1ccc(/C(C)=N\OCC(=O)N2CCO[C@@H](C)C2)cc1. The molecule has 1 aromatic carbocycles. The van der Waals surface area contributed by atoms with Crippen molar-refractivity contribution in [1.82, 2.24) is 4.90 Å². The Morgan fingerprint density at radius 3 is 2.67 bits per heavy atom. The molecule has 0 spiro atoms. The molecule has 130 valence electrons. The van der Waals surface area contributed by atoms with Gasteiger partial charge in [0.05, 0.1) is 18.4 Å². The topological polar surface area (TPSA) is 80.2 Å². The molecule has 1 N–H and O–H groups in total. The van der Waals surface area contributed by atoms with Gasteiger partial charge in [0, 0.05) is 25.7 Å². The fourth-order valence-corrected chi connectivity index (χ4v) is 2.37. The predicted molar refractivity (Wildman–Crippen MR) is 90.9 cm³/mol. The van der Waals surface area contributed by atoms with Crippen molar-refractivity contribution < 1.29 is 19.2 Å². The van der Waals surface area contributed by atoms with Gasteiger partial charge < -0.3 is 19.8 Å². The number of oxime groups is 1. The lowest BCUT2D eigenvalue weighted by molar-refractivity contribution is -0.142. The molecule has 1 fully saturated rings. The first-order valence-corrected chi connectivity index (χ1v) is 7.89. The third-order valence-electron chi connectivity index (χ3n) is 3.61. The molecule has 0 radical (unpaired) electrons. The molecule has 1 saturated heterocycles. The van der Waals surface area contributed by atoms with E-state index in [0.717, 1.165) is 11.3 Å². The molecule has 1 atom stereocenters. The number of rotatable bonds is 5. The van der Waals surface area contributed by atoms with Crippen LogP contribution in [0.1, 0.15) is 26.3 Å². The summed E-state index contributed by atoms with van der Waals surface area (Å²) >= 11 is 0. The minimum absolute atomic E-state index is 0.0510. The van der Waals surface area contributed by atoms with Gasteiger partial charge in [-0.3, -0.25) is 9.59 Å².